The number of hydrogen-bond donors (Lipinski definition) is 1. The van der Waals surface area contributed by atoms with Crippen molar-refractivity contribution in [2.45, 2.75) is 46.5 Å². The van der Waals surface area contributed by atoms with Crippen molar-refractivity contribution >= 4 is 5.91 Å². The maximum Gasteiger partial charge on any atom is 0.227 e. The maximum atomic E-state index is 12.6. The summed E-state index contributed by atoms with van der Waals surface area (Å²) in [5, 5.41) is 11.1. The minimum atomic E-state index is 0.172. The second-order valence-corrected chi connectivity index (χ2v) is 6.56. The molecule has 2 aromatic heterocycles. The number of likely N-dealkylation sites (tertiary alicyclic amines) is 1. The summed E-state index contributed by atoms with van der Waals surface area (Å²) in [5.74, 6) is 1.42. The fraction of sp³-hybridized carbons (Fsp3) is 0.588. The van der Waals surface area contributed by atoms with E-state index in [0.717, 1.165) is 49.4 Å². The number of amides is 1. The molecule has 1 amide bonds. The van der Waals surface area contributed by atoms with Gasteiger partial charge in [-0.05, 0) is 51.5 Å². The Bertz CT molecular complexity index is 669. The van der Waals surface area contributed by atoms with Gasteiger partial charge >= 0.3 is 0 Å². The first-order valence-corrected chi connectivity index (χ1v) is 8.23. The lowest BCUT2D eigenvalue weighted by Crippen LogP contribution is -2.41. The van der Waals surface area contributed by atoms with E-state index in [1.54, 1.807) is 0 Å². The summed E-state index contributed by atoms with van der Waals surface area (Å²) >= 11 is 0. The number of hydrogen-bond acceptors (Lipinski definition) is 4. The molecule has 6 nitrogen and oxygen atoms in total. The summed E-state index contributed by atoms with van der Waals surface area (Å²) in [4.78, 5) is 14.6. The molecule has 2 aromatic rings. The summed E-state index contributed by atoms with van der Waals surface area (Å²) in [6.07, 6.45) is 5.43. The van der Waals surface area contributed by atoms with Gasteiger partial charge in [0.1, 0.15) is 5.76 Å². The fourth-order valence-electron chi connectivity index (χ4n) is 3.34. The topological polar surface area (TPSA) is 75.0 Å². The van der Waals surface area contributed by atoms with Crippen LogP contribution in [0.1, 0.15) is 41.1 Å². The van der Waals surface area contributed by atoms with Crippen LogP contribution in [-0.2, 0) is 17.6 Å². The maximum absolute atomic E-state index is 12.6. The van der Waals surface area contributed by atoms with E-state index in [9.17, 15) is 4.79 Å². The summed E-state index contributed by atoms with van der Waals surface area (Å²) in [7, 11) is 0. The van der Waals surface area contributed by atoms with Gasteiger partial charge in [-0.2, -0.15) is 5.10 Å². The predicted molar refractivity (Wildman–Crippen MR) is 86.0 cm³/mol. The van der Waals surface area contributed by atoms with Crippen LogP contribution in [0.4, 0.5) is 0 Å². The van der Waals surface area contributed by atoms with Crippen molar-refractivity contribution < 1.29 is 9.32 Å². The van der Waals surface area contributed by atoms with E-state index in [1.165, 1.54) is 11.3 Å². The molecule has 6 heteroatoms. The number of aryl methyl sites for hydroxylation is 3. The van der Waals surface area contributed by atoms with Crippen molar-refractivity contribution in [1.29, 1.82) is 0 Å². The molecule has 0 aromatic carbocycles. The van der Waals surface area contributed by atoms with Gasteiger partial charge in [-0.1, -0.05) is 5.16 Å². The van der Waals surface area contributed by atoms with Crippen LogP contribution in [0.25, 0.3) is 0 Å². The van der Waals surface area contributed by atoms with E-state index in [4.69, 9.17) is 4.52 Å². The summed E-state index contributed by atoms with van der Waals surface area (Å²) in [5.41, 5.74) is 4.14. The van der Waals surface area contributed by atoms with Gasteiger partial charge in [0, 0.05) is 24.3 Å². The number of aromatic nitrogens is 3. The second-order valence-electron chi connectivity index (χ2n) is 6.56. The second kappa shape index (κ2) is 6.56. The van der Waals surface area contributed by atoms with Gasteiger partial charge in [-0.25, -0.2) is 0 Å². The molecule has 1 N–H and O–H groups in total. The molecule has 0 saturated carbocycles. The Balaban J connectivity index is 1.62. The van der Waals surface area contributed by atoms with Crippen LogP contribution in [0.15, 0.2) is 10.7 Å². The van der Waals surface area contributed by atoms with Crippen molar-refractivity contribution in [2.75, 3.05) is 13.1 Å². The Labute approximate surface area is 136 Å². The molecule has 1 fully saturated rings. The van der Waals surface area contributed by atoms with Crippen molar-refractivity contribution in [3.8, 4) is 0 Å². The third-order valence-corrected chi connectivity index (χ3v) is 4.81. The third-order valence-electron chi connectivity index (χ3n) is 4.81. The highest BCUT2D eigenvalue weighted by molar-refractivity contribution is 5.79. The standard InChI is InChI=1S/C17H24N4O2/c1-11-9-18-19-16(11)7-14-5-4-6-21(10-14)17(22)8-15-12(2)20-23-13(15)3/h9,14H,4-8,10H2,1-3H3,(H,18,19)/t14-/m1/s1. The summed E-state index contributed by atoms with van der Waals surface area (Å²) in [6.45, 7) is 7.49. The van der Waals surface area contributed by atoms with E-state index in [-0.39, 0.29) is 5.91 Å². The van der Waals surface area contributed by atoms with Crippen LogP contribution >= 0.6 is 0 Å². The first kappa shape index (κ1) is 15.8. The number of carbonyl (C=O) groups is 1. The molecule has 3 heterocycles. The van der Waals surface area contributed by atoms with Gasteiger partial charge in [-0.15, -0.1) is 0 Å². The van der Waals surface area contributed by atoms with Crippen LogP contribution in [0.3, 0.4) is 0 Å². The molecular weight excluding hydrogens is 292 g/mol. The van der Waals surface area contributed by atoms with Crippen molar-refractivity contribution in [2.24, 2.45) is 5.92 Å². The van der Waals surface area contributed by atoms with Crippen LogP contribution in [0, 0.1) is 26.7 Å². The number of rotatable bonds is 4. The molecule has 23 heavy (non-hydrogen) atoms. The van der Waals surface area contributed by atoms with Gasteiger partial charge in [0.25, 0.3) is 0 Å². The average Bonchev–Trinajstić information content (AvgIpc) is 3.08. The van der Waals surface area contributed by atoms with Gasteiger partial charge < -0.3 is 9.42 Å². The molecule has 1 saturated heterocycles. The molecule has 1 aliphatic heterocycles. The van der Waals surface area contributed by atoms with Gasteiger partial charge in [-0.3, -0.25) is 9.89 Å². The molecule has 0 bridgehead atoms. The smallest absolute Gasteiger partial charge is 0.227 e. The largest absolute Gasteiger partial charge is 0.361 e. The summed E-state index contributed by atoms with van der Waals surface area (Å²) in [6, 6.07) is 0. The van der Waals surface area contributed by atoms with Gasteiger partial charge in [0.05, 0.1) is 18.3 Å². The monoisotopic (exact) mass is 316 g/mol. The number of aromatic amines is 1. The van der Waals surface area contributed by atoms with Crippen LogP contribution < -0.4 is 0 Å². The quantitative estimate of drug-likeness (QED) is 0.939. The number of piperidine rings is 1. The van der Waals surface area contributed by atoms with Crippen LogP contribution in [-0.4, -0.2) is 39.3 Å². The Morgan fingerprint density at radius 1 is 1.43 bits per heavy atom. The van der Waals surface area contributed by atoms with Crippen LogP contribution in [0.5, 0.6) is 0 Å². The SMILES string of the molecule is Cc1cn[nH]c1C[C@H]1CCCN(C(=O)Cc2c(C)noc2C)C1. The van der Waals surface area contributed by atoms with Crippen molar-refractivity contribution in [3.63, 3.8) is 0 Å². The molecule has 0 radical (unpaired) electrons. The number of nitrogens with zero attached hydrogens (tertiary/aromatic N) is 3. The molecular formula is C17H24N4O2. The fourth-order valence-corrected chi connectivity index (χ4v) is 3.34. The molecule has 1 atom stereocenters. The Morgan fingerprint density at radius 2 is 2.26 bits per heavy atom. The Kier molecular flexibility index (Phi) is 4.50. The highest BCUT2D eigenvalue weighted by Gasteiger charge is 2.26. The van der Waals surface area contributed by atoms with E-state index < -0.39 is 0 Å². The molecule has 124 valence electrons. The average molecular weight is 316 g/mol. The minimum absolute atomic E-state index is 0.172. The molecule has 0 unspecified atom stereocenters. The zero-order valence-corrected chi connectivity index (χ0v) is 14.1. The summed E-state index contributed by atoms with van der Waals surface area (Å²) < 4.78 is 5.16. The predicted octanol–water partition coefficient (Wildman–Crippen LogP) is 2.35. The third kappa shape index (κ3) is 3.46. The van der Waals surface area contributed by atoms with E-state index in [0.29, 0.717) is 12.3 Å². The van der Waals surface area contributed by atoms with Crippen molar-refractivity contribution in [1.82, 2.24) is 20.3 Å². The lowest BCUT2D eigenvalue weighted by atomic mass is 9.92. The Morgan fingerprint density at radius 3 is 2.91 bits per heavy atom. The van der Waals surface area contributed by atoms with Gasteiger partial charge in [0.2, 0.25) is 5.91 Å². The molecule has 1 aliphatic rings. The zero-order valence-electron chi connectivity index (χ0n) is 14.1. The van der Waals surface area contributed by atoms with Gasteiger partial charge in [0.15, 0.2) is 0 Å². The Hall–Kier alpha value is -2.11. The number of H-pyrrole nitrogens is 1. The highest BCUT2D eigenvalue weighted by Crippen LogP contribution is 2.23. The van der Waals surface area contributed by atoms with E-state index in [1.807, 2.05) is 24.9 Å². The first-order chi connectivity index (χ1) is 11.0. The normalized spacial score (nSPS) is 18.4. The molecule has 3 rings (SSSR count). The lowest BCUT2D eigenvalue weighted by Gasteiger charge is -2.33. The first-order valence-electron chi connectivity index (χ1n) is 8.23. The molecule has 0 aliphatic carbocycles. The van der Waals surface area contributed by atoms with E-state index >= 15 is 0 Å². The van der Waals surface area contributed by atoms with Crippen LogP contribution in [0.2, 0.25) is 0 Å². The minimum Gasteiger partial charge on any atom is -0.361 e. The number of nitrogens with one attached hydrogen (secondary N) is 1. The number of carbonyl (C=O) groups excluding carboxylic acids is 1. The zero-order chi connectivity index (χ0) is 16.4. The van der Waals surface area contributed by atoms with Crippen molar-refractivity contribution in [3.05, 3.63) is 34.5 Å². The molecule has 0 spiro atoms. The van der Waals surface area contributed by atoms with E-state index in [2.05, 4.69) is 22.3 Å². The highest BCUT2D eigenvalue weighted by atomic mass is 16.5. The lowest BCUT2D eigenvalue weighted by molar-refractivity contribution is -0.132.